The molecule has 2 aromatic carbocycles. The number of rotatable bonds is 5. The molecule has 0 aliphatic carbocycles. The van der Waals surface area contributed by atoms with Crippen LogP contribution in [0.4, 0.5) is 11.4 Å². The highest BCUT2D eigenvalue weighted by Crippen LogP contribution is 2.36. The lowest BCUT2D eigenvalue weighted by Crippen LogP contribution is -2.41. The minimum absolute atomic E-state index is 0.0285. The Balaban J connectivity index is 1.44. The zero-order valence-electron chi connectivity index (χ0n) is 16.5. The van der Waals surface area contributed by atoms with Gasteiger partial charge in [-0.2, -0.15) is 0 Å². The Bertz CT molecular complexity index is 1070. The summed E-state index contributed by atoms with van der Waals surface area (Å²) in [5.74, 6) is -1.37. The third kappa shape index (κ3) is 4.35. The second-order valence-electron chi connectivity index (χ2n) is 7.23. The van der Waals surface area contributed by atoms with Crippen molar-refractivity contribution in [1.82, 2.24) is 5.32 Å². The minimum Gasteiger partial charge on any atom is -0.361 e. The van der Waals surface area contributed by atoms with E-state index in [2.05, 4.69) is 33.7 Å². The van der Waals surface area contributed by atoms with Crippen LogP contribution >= 0.6 is 22.9 Å². The lowest BCUT2D eigenvalue weighted by molar-refractivity contribution is -0.136. The van der Waals surface area contributed by atoms with Gasteiger partial charge in [-0.3, -0.25) is 9.59 Å². The molecule has 154 valence electrons. The highest BCUT2D eigenvalue weighted by molar-refractivity contribution is 7.10. The fourth-order valence-corrected chi connectivity index (χ4v) is 4.68. The summed E-state index contributed by atoms with van der Waals surface area (Å²) < 4.78 is 0. The molecular formula is C23H22ClN3O2S. The Morgan fingerprint density at radius 2 is 1.97 bits per heavy atom. The van der Waals surface area contributed by atoms with Crippen LogP contribution in [0, 0.1) is 6.92 Å². The lowest BCUT2D eigenvalue weighted by atomic mass is 10.1. The maximum Gasteiger partial charge on any atom is 0.313 e. The fourth-order valence-electron chi connectivity index (χ4n) is 3.66. The smallest absolute Gasteiger partial charge is 0.313 e. The van der Waals surface area contributed by atoms with Gasteiger partial charge in [-0.25, -0.2) is 0 Å². The van der Waals surface area contributed by atoms with Crippen molar-refractivity contribution in [3.63, 3.8) is 0 Å². The first-order valence-corrected chi connectivity index (χ1v) is 11.0. The third-order valence-corrected chi connectivity index (χ3v) is 6.64. The zero-order chi connectivity index (χ0) is 21.1. The maximum absolute atomic E-state index is 12.5. The van der Waals surface area contributed by atoms with Gasteiger partial charge in [0.2, 0.25) is 0 Å². The summed E-state index contributed by atoms with van der Waals surface area (Å²) in [6.45, 7) is 3.10. The van der Waals surface area contributed by atoms with Crippen molar-refractivity contribution in [2.75, 3.05) is 23.3 Å². The summed E-state index contributed by atoms with van der Waals surface area (Å²) in [4.78, 5) is 28.3. The molecule has 0 bridgehead atoms. The van der Waals surface area contributed by atoms with Gasteiger partial charge < -0.3 is 15.5 Å². The molecule has 2 N–H and O–H groups in total. The van der Waals surface area contributed by atoms with E-state index < -0.39 is 11.8 Å². The molecule has 0 spiro atoms. The summed E-state index contributed by atoms with van der Waals surface area (Å²) >= 11 is 7.74. The van der Waals surface area contributed by atoms with Gasteiger partial charge in [0.05, 0.1) is 6.04 Å². The Labute approximate surface area is 184 Å². The van der Waals surface area contributed by atoms with Crippen LogP contribution in [-0.2, 0) is 16.0 Å². The van der Waals surface area contributed by atoms with Crippen LogP contribution in [0.1, 0.15) is 22.0 Å². The molecule has 1 aliphatic heterocycles. The van der Waals surface area contributed by atoms with E-state index in [4.69, 9.17) is 11.6 Å². The number of halogens is 1. The molecule has 0 fully saturated rings. The predicted molar refractivity (Wildman–Crippen MR) is 122 cm³/mol. The van der Waals surface area contributed by atoms with Crippen LogP contribution in [-0.4, -0.2) is 24.9 Å². The topological polar surface area (TPSA) is 61.4 Å². The standard InChI is InChI=1S/C23H22ClN3O2S/c1-15-8-9-17(13-18(15)24)26-23(29)22(28)25-14-20(21-7-4-12-30-21)27-11-10-16-5-2-3-6-19(16)27/h2-9,12-13,20H,10-11,14H2,1H3,(H,25,28)(H,26,29)/t20-/m0/s1. The molecule has 1 aliphatic rings. The summed E-state index contributed by atoms with van der Waals surface area (Å²) in [5.41, 5.74) is 3.89. The number of carbonyl (C=O) groups is 2. The summed E-state index contributed by atoms with van der Waals surface area (Å²) in [7, 11) is 0. The first kappa shape index (κ1) is 20.4. The Kier molecular flexibility index (Phi) is 6.06. The number of carbonyl (C=O) groups excluding carboxylic acids is 2. The van der Waals surface area contributed by atoms with Gasteiger partial charge in [0.15, 0.2) is 0 Å². The molecule has 2 amide bonds. The number of nitrogens with one attached hydrogen (secondary N) is 2. The van der Waals surface area contributed by atoms with Crippen molar-refractivity contribution >= 4 is 46.1 Å². The van der Waals surface area contributed by atoms with Crippen molar-refractivity contribution in [3.05, 3.63) is 81.0 Å². The van der Waals surface area contributed by atoms with Crippen molar-refractivity contribution in [2.24, 2.45) is 0 Å². The first-order valence-electron chi connectivity index (χ1n) is 9.76. The largest absolute Gasteiger partial charge is 0.361 e. The average molecular weight is 440 g/mol. The Morgan fingerprint density at radius 1 is 1.13 bits per heavy atom. The SMILES string of the molecule is Cc1ccc(NC(=O)C(=O)NC[C@@H](c2cccs2)N2CCc3ccccc32)cc1Cl. The number of aryl methyl sites for hydroxylation is 1. The maximum atomic E-state index is 12.5. The van der Waals surface area contributed by atoms with Crippen LogP contribution in [0.15, 0.2) is 60.0 Å². The number of hydrogen-bond acceptors (Lipinski definition) is 4. The molecular weight excluding hydrogens is 418 g/mol. The molecule has 0 unspecified atom stereocenters. The summed E-state index contributed by atoms with van der Waals surface area (Å²) in [6.07, 6.45) is 0.973. The summed E-state index contributed by atoms with van der Waals surface area (Å²) in [5, 5.41) is 7.98. The summed E-state index contributed by atoms with van der Waals surface area (Å²) in [6, 6.07) is 17.5. The molecule has 0 radical (unpaired) electrons. The van der Waals surface area contributed by atoms with E-state index >= 15 is 0 Å². The molecule has 0 saturated carbocycles. The van der Waals surface area contributed by atoms with Crippen LogP contribution in [0.25, 0.3) is 0 Å². The quantitative estimate of drug-likeness (QED) is 0.572. The molecule has 1 atom stereocenters. The Morgan fingerprint density at radius 3 is 2.73 bits per heavy atom. The predicted octanol–water partition coefficient (Wildman–Crippen LogP) is 4.57. The van der Waals surface area contributed by atoms with Gasteiger partial charge in [0.1, 0.15) is 0 Å². The van der Waals surface area contributed by atoms with Crippen LogP contribution in [0.3, 0.4) is 0 Å². The van der Waals surface area contributed by atoms with Crippen LogP contribution in [0.2, 0.25) is 5.02 Å². The van der Waals surface area contributed by atoms with Gasteiger partial charge in [-0.15, -0.1) is 11.3 Å². The molecule has 2 heterocycles. The number of fused-ring (bicyclic) bond motifs is 1. The van der Waals surface area contributed by atoms with E-state index in [0.29, 0.717) is 17.3 Å². The number of amides is 2. The average Bonchev–Trinajstić information content (AvgIpc) is 3.42. The Hall–Kier alpha value is -2.83. The number of thiophene rings is 1. The molecule has 7 heteroatoms. The van der Waals surface area contributed by atoms with Gasteiger partial charge >= 0.3 is 11.8 Å². The van der Waals surface area contributed by atoms with E-state index in [0.717, 1.165) is 23.4 Å². The van der Waals surface area contributed by atoms with Crippen LogP contribution < -0.4 is 15.5 Å². The van der Waals surface area contributed by atoms with Crippen molar-refractivity contribution < 1.29 is 9.59 Å². The molecule has 3 aromatic rings. The van der Waals surface area contributed by atoms with E-state index in [9.17, 15) is 9.59 Å². The van der Waals surface area contributed by atoms with E-state index in [1.54, 1.807) is 29.5 Å². The number of benzene rings is 2. The van der Waals surface area contributed by atoms with Gasteiger partial charge in [0.25, 0.3) is 0 Å². The highest BCUT2D eigenvalue weighted by Gasteiger charge is 2.28. The van der Waals surface area contributed by atoms with Gasteiger partial charge in [-0.1, -0.05) is 41.9 Å². The molecule has 1 aromatic heterocycles. The second-order valence-corrected chi connectivity index (χ2v) is 8.62. The minimum atomic E-state index is -0.707. The van der Waals surface area contributed by atoms with Crippen molar-refractivity contribution in [1.29, 1.82) is 0 Å². The molecule has 5 nitrogen and oxygen atoms in total. The first-order chi connectivity index (χ1) is 14.5. The number of para-hydroxylation sites is 1. The second kappa shape index (κ2) is 8.90. The molecule has 4 rings (SSSR count). The van der Waals surface area contributed by atoms with Crippen molar-refractivity contribution in [2.45, 2.75) is 19.4 Å². The van der Waals surface area contributed by atoms with Crippen molar-refractivity contribution in [3.8, 4) is 0 Å². The monoisotopic (exact) mass is 439 g/mol. The van der Waals surface area contributed by atoms with E-state index in [1.165, 1.54) is 11.3 Å². The number of nitrogens with zero attached hydrogens (tertiary/aromatic N) is 1. The van der Waals surface area contributed by atoms with Crippen LogP contribution in [0.5, 0.6) is 0 Å². The molecule has 0 saturated heterocycles. The highest BCUT2D eigenvalue weighted by atomic mass is 35.5. The van der Waals surface area contributed by atoms with E-state index in [1.807, 2.05) is 30.5 Å². The normalized spacial score (nSPS) is 13.6. The lowest BCUT2D eigenvalue weighted by Gasteiger charge is -2.30. The number of hydrogen-bond donors (Lipinski definition) is 2. The third-order valence-electron chi connectivity index (χ3n) is 5.26. The zero-order valence-corrected chi connectivity index (χ0v) is 18.1. The van der Waals surface area contributed by atoms with Gasteiger partial charge in [0, 0.05) is 34.4 Å². The van der Waals surface area contributed by atoms with E-state index in [-0.39, 0.29) is 6.04 Å². The number of anilines is 2. The fraction of sp³-hybridized carbons (Fsp3) is 0.217. The molecule has 30 heavy (non-hydrogen) atoms. The van der Waals surface area contributed by atoms with Gasteiger partial charge in [-0.05, 0) is 54.1 Å².